The SMILES string of the molecule is CCCCCCCCC=CCCCCCCCO. The Hall–Kier alpha value is -0.300. The van der Waals surface area contributed by atoms with Crippen molar-refractivity contribution in [3.63, 3.8) is 0 Å². The van der Waals surface area contributed by atoms with Gasteiger partial charge in [-0.1, -0.05) is 70.4 Å². The fourth-order valence-corrected chi connectivity index (χ4v) is 2.18. The van der Waals surface area contributed by atoms with Gasteiger partial charge in [0.05, 0.1) is 0 Å². The van der Waals surface area contributed by atoms with Gasteiger partial charge in [-0.15, -0.1) is 0 Å². The number of aliphatic hydroxyl groups excluding tert-OH is 1. The summed E-state index contributed by atoms with van der Waals surface area (Å²) in [7, 11) is 0. The molecule has 0 heterocycles. The smallest absolute Gasteiger partial charge is 0.0431 e. The lowest BCUT2D eigenvalue weighted by Crippen LogP contribution is -1.83. The molecule has 0 aliphatic heterocycles. The van der Waals surface area contributed by atoms with Gasteiger partial charge in [0.2, 0.25) is 0 Å². The third-order valence-corrected chi connectivity index (χ3v) is 3.42. The number of aliphatic hydroxyl groups is 1. The molecule has 0 aliphatic carbocycles. The van der Waals surface area contributed by atoms with Crippen molar-refractivity contribution in [2.45, 2.75) is 90.4 Å². The Morgan fingerprint density at radius 2 is 1.06 bits per heavy atom. The van der Waals surface area contributed by atoms with Crippen LogP contribution in [0.25, 0.3) is 0 Å². The highest BCUT2D eigenvalue weighted by Crippen LogP contribution is 2.08. The van der Waals surface area contributed by atoms with Gasteiger partial charge in [0.15, 0.2) is 0 Å². The van der Waals surface area contributed by atoms with Crippen LogP contribution in [0.15, 0.2) is 12.2 Å². The Morgan fingerprint density at radius 3 is 1.56 bits per heavy atom. The minimum atomic E-state index is 0.359. The average Bonchev–Trinajstić information content (AvgIpc) is 2.39. The van der Waals surface area contributed by atoms with E-state index in [0.717, 1.165) is 6.42 Å². The summed E-state index contributed by atoms with van der Waals surface area (Å²) in [6.45, 7) is 2.63. The molecule has 1 heteroatoms. The zero-order valence-corrected chi connectivity index (χ0v) is 12.5. The molecule has 0 rings (SSSR count). The van der Waals surface area contributed by atoms with Crippen LogP contribution < -0.4 is 0 Å². The van der Waals surface area contributed by atoms with E-state index in [1.807, 2.05) is 0 Å². The van der Waals surface area contributed by atoms with Crippen LogP contribution in [0.2, 0.25) is 0 Å². The minimum Gasteiger partial charge on any atom is -0.396 e. The zero-order valence-electron chi connectivity index (χ0n) is 12.5. The first-order valence-electron chi connectivity index (χ1n) is 8.17. The van der Waals surface area contributed by atoms with Gasteiger partial charge in [-0.3, -0.25) is 0 Å². The van der Waals surface area contributed by atoms with E-state index in [9.17, 15) is 0 Å². The van der Waals surface area contributed by atoms with E-state index >= 15 is 0 Å². The van der Waals surface area contributed by atoms with Gasteiger partial charge in [-0.2, -0.15) is 0 Å². The lowest BCUT2D eigenvalue weighted by atomic mass is 10.1. The summed E-state index contributed by atoms with van der Waals surface area (Å²) in [4.78, 5) is 0. The van der Waals surface area contributed by atoms with E-state index < -0.39 is 0 Å². The quantitative estimate of drug-likeness (QED) is 0.315. The molecule has 108 valence electrons. The Labute approximate surface area is 115 Å². The molecule has 0 atom stereocenters. The lowest BCUT2D eigenvalue weighted by molar-refractivity contribution is 0.282. The van der Waals surface area contributed by atoms with Gasteiger partial charge in [0.25, 0.3) is 0 Å². The standard InChI is InChI=1S/C17H34O/c1-2-3-4-5-6-7-8-9-10-11-12-13-14-15-16-17-18/h9-10,18H,2-8,11-17H2,1H3. The Balaban J connectivity index is 3.00. The first-order chi connectivity index (χ1) is 8.91. The molecule has 0 aliphatic rings. The molecule has 0 radical (unpaired) electrons. The van der Waals surface area contributed by atoms with Crippen molar-refractivity contribution in [3.8, 4) is 0 Å². The molecular weight excluding hydrogens is 220 g/mol. The maximum absolute atomic E-state index is 8.65. The molecule has 0 saturated carbocycles. The minimum absolute atomic E-state index is 0.359. The van der Waals surface area contributed by atoms with Crippen LogP contribution in [0.4, 0.5) is 0 Å². The molecule has 0 aromatic rings. The second-order valence-corrected chi connectivity index (χ2v) is 5.31. The Bertz CT molecular complexity index is 145. The molecule has 18 heavy (non-hydrogen) atoms. The van der Waals surface area contributed by atoms with E-state index in [1.165, 1.54) is 77.0 Å². The van der Waals surface area contributed by atoms with Gasteiger partial charge in [0, 0.05) is 6.61 Å². The molecular formula is C17H34O. The average molecular weight is 254 g/mol. The van der Waals surface area contributed by atoms with Crippen LogP contribution in [-0.2, 0) is 0 Å². The molecule has 0 aromatic heterocycles. The van der Waals surface area contributed by atoms with E-state index in [0.29, 0.717) is 6.61 Å². The zero-order chi connectivity index (χ0) is 13.3. The number of rotatable bonds is 14. The second-order valence-electron chi connectivity index (χ2n) is 5.31. The van der Waals surface area contributed by atoms with E-state index in [4.69, 9.17) is 5.11 Å². The number of hydrogen-bond donors (Lipinski definition) is 1. The molecule has 1 nitrogen and oxygen atoms in total. The summed E-state index contributed by atoms with van der Waals surface area (Å²) in [5.74, 6) is 0. The first-order valence-corrected chi connectivity index (χ1v) is 8.17. The highest BCUT2D eigenvalue weighted by Gasteiger charge is 1.89. The van der Waals surface area contributed by atoms with Gasteiger partial charge in [0.1, 0.15) is 0 Å². The normalized spacial score (nSPS) is 11.4. The van der Waals surface area contributed by atoms with Crippen molar-refractivity contribution in [2.75, 3.05) is 6.61 Å². The summed E-state index contributed by atoms with van der Waals surface area (Å²) in [6, 6.07) is 0. The second kappa shape index (κ2) is 16.7. The number of unbranched alkanes of at least 4 members (excludes halogenated alkanes) is 11. The third kappa shape index (κ3) is 15.7. The maximum Gasteiger partial charge on any atom is 0.0431 e. The molecule has 0 unspecified atom stereocenters. The van der Waals surface area contributed by atoms with Crippen molar-refractivity contribution >= 4 is 0 Å². The number of allylic oxidation sites excluding steroid dienone is 2. The topological polar surface area (TPSA) is 20.2 Å². The predicted octanol–water partition coefficient (Wildman–Crippen LogP) is 5.63. The summed E-state index contributed by atoms with van der Waals surface area (Å²) in [6.07, 6.45) is 21.7. The van der Waals surface area contributed by atoms with Crippen LogP contribution in [-0.4, -0.2) is 11.7 Å². The number of hydrogen-bond acceptors (Lipinski definition) is 1. The maximum atomic E-state index is 8.65. The first kappa shape index (κ1) is 17.7. The van der Waals surface area contributed by atoms with Crippen LogP contribution in [0.5, 0.6) is 0 Å². The van der Waals surface area contributed by atoms with Gasteiger partial charge in [-0.05, 0) is 32.1 Å². The van der Waals surface area contributed by atoms with E-state index in [2.05, 4.69) is 19.1 Å². The van der Waals surface area contributed by atoms with Gasteiger partial charge >= 0.3 is 0 Å². The van der Waals surface area contributed by atoms with Crippen LogP contribution in [0, 0.1) is 0 Å². The van der Waals surface area contributed by atoms with Gasteiger partial charge < -0.3 is 5.11 Å². The van der Waals surface area contributed by atoms with Crippen molar-refractivity contribution in [2.24, 2.45) is 0 Å². The molecule has 0 spiro atoms. The molecule has 1 N–H and O–H groups in total. The predicted molar refractivity (Wildman–Crippen MR) is 81.9 cm³/mol. The summed E-state index contributed by atoms with van der Waals surface area (Å²) >= 11 is 0. The van der Waals surface area contributed by atoms with Crippen LogP contribution >= 0.6 is 0 Å². The highest BCUT2D eigenvalue weighted by atomic mass is 16.2. The third-order valence-electron chi connectivity index (χ3n) is 3.42. The van der Waals surface area contributed by atoms with Crippen molar-refractivity contribution in [3.05, 3.63) is 12.2 Å². The summed E-state index contributed by atoms with van der Waals surface area (Å²) < 4.78 is 0. The largest absolute Gasteiger partial charge is 0.396 e. The summed E-state index contributed by atoms with van der Waals surface area (Å²) in [5, 5.41) is 8.65. The Morgan fingerprint density at radius 1 is 0.611 bits per heavy atom. The highest BCUT2D eigenvalue weighted by molar-refractivity contribution is 4.81. The molecule has 0 bridgehead atoms. The fraction of sp³-hybridized carbons (Fsp3) is 0.882. The summed E-state index contributed by atoms with van der Waals surface area (Å²) in [5.41, 5.74) is 0. The van der Waals surface area contributed by atoms with E-state index in [1.54, 1.807) is 0 Å². The molecule has 0 amide bonds. The Kier molecular flexibility index (Phi) is 16.4. The van der Waals surface area contributed by atoms with Crippen molar-refractivity contribution in [1.82, 2.24) is 0 Å². The van der Waals surface area contributed by atoms with Crippen molar-refractivity contribution < 1.29 is 5.11 Å². The molecule has 0 fully saturated rings. The lowest BCUT2D eigenvalue weighted by Gasteiger charge is -1.98. The van der Waals surface area contributed by atoms with E-state index in [-0.39, 0.29) is 0 Å². The van der Waals surface area contributed by atoms with Crippen LogP contribution in [0.1, 0.15) is 90.4 Å². The molecule has 0 aromatic carbocycles. The molecule has 0 saturated heterocycles. The fourth-order valence-electron chi connectivity index (χ4n) is 2.18. The monoisotopic (exact) mass is 254 g/mol. The van der Waals surface area contributed by atoms with Crippen LogP contribution in [0.3, 0.4) is 0 Å². The van der Waals surface area contributed by atoms with Gasteiger partial charge in [-0.25, -0.2) is 0 Å². The van der Waals surface area contributed by atoms with Crippen molar-refractivity contribution in [1.29, 1.82) is 0 Å².